The average Bonchev–Trinajstić information content (AvgIpc) is 2.35. The van der Waals surface area contributed by atoms with Crippen molar-refractivity contribution < 1.29 is 13.2 Å². The van der Waals surface area contributed by atoms with E-state index in [1.165, 1.54) is 18.1 Å². The molecule has 6 heteroatoms. The summed E-state index contributed by atoms with van der Waals surface area (Å²) < 4.78 is 38.3. The molecule has 0 radical (unpaired) electrons. The lowest BCUT2D eigenvalue weighted by molar-refractivity contribution is -0.144. The lowest BCUT2D eigenvalue weighted by atomic mass is 9.79. The smallest absolute Gasteiger partial charge is 0.336 e. The van der Waals surface area contributed by atoms with E-state index in [0.29, 0.717) is 17.2 Å². The number of hydrogen-bond acceptors (Lipinski definition) is 2. The lowest BCUT2D eigenvalue weighted by Gasteiger charge is -2.26. The number of rotatable bonds is 2. The maximum Gasteiger partial charge on any atom is 0.449 e. The largest absolute Gasteiger partial charge is 0.449 e. The van der Waals surface area contributed by atoms with Gasteiger partial charge in [-0.2, -0.15) is 13.2 Å². The molecule has 1 aliphatic rings. The molecular weight excluding hydrogens is 297 g/mol. The monoisotopic (exact) mass is 310 g/mol. The van der Waals surface area contributed by atoms with Crippen LogP contribution in [0.4, 0.5) is 13.2 Å². The third-order valence-electron chi connectivity index (χ3n) is 3.79. The predicted octanol–water partition coefficient (Wildman–Crippen LogP) is 5.09. The fourth-order valence-electron chi connectivity index (χ4n) is 2.45. The Hall–Kier alpha value is -1.69. The van der Waals surface area contributed by atoms with Gasteiger partial charge in [-0.3, -0.25) is 0 Å². The van der Waals surface area contributed by atoms with Crippen molar-refractivity contribution in [3.05, 3.63) is 46.4 Å². The standard InChI is InChI=1S/C15H13F3N2S/c16-15(17,18)14-19-12(8-13(21)20-14)11-6-2-5-10(7-11)9-3-1-4-9/h2,5-9H,1,3-4H2,(H,19,20,21). The molecule has 0 spiro atoms. The Morgan fingerprint density at radius 1 is 1.19 bits per heavy atom. The number of halogens is 3. The number of alkyl halides is 3. The molecule has 2 aromatic rings. The van der Waals surface area contributed by atoms with Crippen molar-refractivity contribution >= 4 is 12.2 Å². The third-order valence-corrected chi connectivity index (χ3v) is 3.99. The summed E-state index contributed by atoms with van der Waals surface area (Å²) >= 11 is 4.84. The highest BCUT2D eigenvalue weighted by molar-refractivity contribution is 7.71. The van der Waals surface area contributed by atoms with Crippen LogP contribution in [-0.4, -0.2) is 9.97 Å². The van der Waals surface area contributed by atoms with Crippen LogP contribution in [0.1, 0.15) is 36.6 Å². The molecule has 1 N–H and O–H groups in total. The topological polar surface area (TPSA) is 28.7 Å². The van der Waals surface area contributed by atoms with Crippen LogP contribution in [-0.2, 0) is 6.18 Å². The van der Waals surface area contributed by atoms with Crippen molar-refractivity contribution in [2.75, 3.05) is 0 Å². The van der Waals surface area contributed by atoms with Crippen molar-refractivity contribution in [1.82, 2.24) is 9.97 Å². The Bertz CT molecular complexity index is 717. The number of benzene rings is 1. The predicted molar refractivity (Wildman–Crippen MR) is 76.5 cm³/mol. The first kappa shape index (κ1) is 14.3. The van der Waals surface area contributed by atoms with Crippen molar-refractivity contribution in [2.45, 2.75) is 31.4 Å². The van der Waals surface area contributed by atoms with E-state index in [-0.39, 0.29) is 4.64 Å². The number of hydrogen-bond donors (Lipinski definition) is 1. The quantitative estimate of drug-likeness (QED) is 0.782. The molecule has 110 valence electrons. The summed E-state index contributed by atoms with van der Waals surface area (Å²) in [7, 11) is 0. The van der Waals surface area contributed by atoms with E-state index in [1.54, 1.807) is 6.07 Å². The highest BCUT2D eigenvalue weighted by atomic mass is 32.1. The Balaban J connectivity index is 2.04. The molecule has 1 fully saturated rings. The molecule has 1 aromatic heterocycles. The number of aromatic nitrogens is 2. The Kier molecular flexibility index (Phi) is 3.57. The zero-order chi connectivity index (χ0) is 15.0. The molecule has 21 heavy (non-hydrogen) atoms. The van der Waals surface area contributed by atoms with Crippen LogP contribution < -0.4 is 0 Å². The van der Waals surface area contributed by atoms with E-state index in [2.05, 4.69) is 9.97 Å². The molecule has 1 aliphatic carbocycles. The lowest BCUT2D eigenvalue weighted by Crippen LogP contribution is -2.12. The van der Waals surface area contributed by atoms with E-state index in [0.717, 1.165) is 12.8 Å². The van der Waals surface area contributed by atoms with Gasteiger partial charge in [-0.15, -0.1) is 0 Å². The van der Waals surface area contributed by atoms with E-state index < -0.39 is 12.0 Å². The number of aromatic amines is 1. The zero-order valence-corrected chi connectivity index (χ0v) is 11.9. The third kappa shape index (κ3) is 3.00. The SMILES string of the molecule is FC(F)(F)c1nc(=S)cc(-c2cccc(C3CCC3)c2)[nH]1. The highest BCUT2D eigenvalue weighted by Gasteiger charge is 2.34. The van der Waals surface area contributed by atoms with Gasteiger partial charge in [0.1, 0.15) is 4.64 Å². The normalized spacial score (nSPS) is 15.8. The summed E-state index contributed by atoms with van der Waals surface area (Å²) in [5.41, 5.74) is 2.23. The maximum atomic E-state index is 12.8. The van der Waals surface area contributed by atoms with Gasteiger partial charge in [0.25, 0.3) is 0 Å². The Labute approximate surface area is 125 Å². The molecule has 0 saturated heterocycles. The van der Waals surface area contributed by atoms with Gasteiger partial charge in [-0.1, -0.05) is 36.8 Å². The molecule has 0 bridgehead atoms. The fraction of sp³-hybridized carbons (Fsp3) is 0.333. The van der Waals surface area contributed by atoms with Gasteiger partial charge in [0, 0.05) is 5.69 Å². The molecule has 1 aromatic carbocycles. The minimum absolute atomic E-state index is 0.0647. The van der Waals surface area contributed by atoms with Gasteiger partial charge < -0.3 is 4.98 Å². The first-order chi connectivity index (χ1) is 9.93. The molecule has 3 rings (SSSR count). The van der Waals surface area contributed by atoms with Gasteiger partial charge in [-0.05, 0) is 42.0 Å². The summed E-state index contributed by atoms with van der Waals surface area (Å²) in [6, 6.07) is 9.07. The molecule has 1 heterocycles. The first-order valence-electron chi connectivity index (χ1n) is 6.72. The fourth-order valence-corrected chi connectivity index (χ4v) is 2.66. The summed E-state index contributed by atoms with van der Waals surface area (Å²) in [4.78, 5) is 5.69. The number of H-pyrrole nitrogens is 1. The minimum Gasteiger partial charge on any atom is -0.336 e. The van der Waals surface area contributed by atoms with Crippen molar-refractivity contribution in [3.63, 3.8) is 0 Å². The number of nitrogens with one attached hydrogen (secondary N) is 1. The molecule has 1 saturated carbocycles. The molecule has 0 amide bonds. The molecule has 0 unspecified atom stereocenters. The second-order valence-corrected chi connectivity index (χ2v) is 5.65. The highest BCUT2D eigenvalue weighted by Crippen LogP contribution is 2.37. The summed E-state index contributed by atoms with van der Waals surface area (Å²) in [6.07, 6.45) is -1.03. The summed E-state index contributed by atoms with van der Waals surface area (Å²) in [5.74, 6) is -0.532. The van der Waals surface area contributed by atoms with Crippen LogP contribution in [0.15, 0.2) is 30.3 Å². The molecule has 0 aliphatic heterocycles. The van der Waals surface area contributed by atoms with E-state index >= 15 is 0 Å². The minimum atomic E-state index is -4.53. The van der Waals surface area contributed by atoms with Crippen LogP contribution in [0.25, 0.3) is 11.3 Å². The van der Waals surface area contributed by atoms with Crippen LogP contribution in [0.3, 0.4) is 0 Å². The van der Waals surface area contributed by atoms with Gasteiger partial charge in [0.15, 0.2) is 0 Å². The van der Waals surface area contributed by atoms with Gasteiger partial charge in [0.05, 0.1) is 0 Å². The van der Waals surface area contributed by atoms with Gasteiger partial charge >= 0.3 is 6.18 Å². The first-order valence-corrected chi connectivity index (χ1v) is 7.13. The summed E-state index contributed by atoms with van der Waals surface area (Å²) in [5, 5.41) is 0. The second-order valence-electron chi connectivity index (χ2n) is 5.23. The maximum absolute atomic E-state index is 12.8. The van der Waals surface area contributed by atoms with E-state index in [4.69, 9.17) is 12.2 Å². The summed E-state index contributed by atoms with van der Waals surface area (Å²) in [6.45, 7) is 0. The van der Waals surface area contributed by atoms with Crippen LogP contribution in [0.2, 0.25) is 0 Å². The van der Waals surface area contributed by atoms with Crippen LogP contribution >= 0.6 is 12.2 Å². The van der Waals surface area contributed by atoms with Crippen molar-refractivity contribution in [1.29, 1.82) is 0 Å². The van der Waals surface area contributed by atoms with Crippen molar-refractivity contribution in [2.24, 2.45) is 0 Å². The van der Waals surface area contributed by atoms with Gasteiger partial charge in [0.2, 0.25) is 5.82 Å². The average molecular weight is 310 g/mol. The Morgan fingerprint density at radius 2 is 1.95 bits per heavy atom. The van der Waals surface area contributed by atoms with Crippen LogP contribution in [0, 0.1) is 4.64 Å². The van der Waals surface area contributed by atoms with Crippen molar-refractivity contribution in [3.8, 4) is 11.3 Å². The molecule has 2 nitrogen and oxygen atoms in total. The molecular formula is C15H13F3N2S. The Morgan fingerprint density at radius 3 is 2.57 bits per heavy atom. The zero-order valence-electron chi connectivity index (χ0n) is 11.1. The van der Waals surface area contributed by atoms with E-state index in [1.807, 2.05) is 18.2 Å². The van der Waals surface area contributed by atoms with E-state index in [9.17, 15) is 13.2 Å². The second kappa shape index (κ2) is 5.26. The molecule has 0 atom stereocenters. The number of nitrogens with zero attached hydrogens (tertiary/aromatic N) is 1. The van der Waals surface area contributed by atoms with Crippen LogP contribution in [0.5, 0.6) is 0 Å². The van der Waals surface area contributed by atoms with Gasteiger partial charge in [-0.25, -0.2) is 4.98 Å².